The highest BCUT2D eigenvalue weighted by atomic mass is 35.5. The van der Waals surface area contributed by atoms with E-state index >= 15 is 0 Å². The minimum Gasteiger partial charge on any atom is -0.449 e. The maximum absolute atomic E-state index is 12.1. The molecule has 0 spiro atoms. The van der Waals surface area contributed by atoms with Gasteiger partial charge < -0.3 is 10.1 Å². The van der Waals surface area contributed by atoms with Gasteiger partial charge in [0.25, 0.3) is 5.91 Å². The summed E-state index contributed by atoms with van der Waals surface area (Å²) in [6, 6.07) is 14.8. The lowest BCUT2D eigenvalue weighted by atomic mass is 10.2. The van der Waals surface area contributed by atoms with E-state index < -0.39 is 18.0 Å². The second-order valence-electron chi connectivity index (χ2n) is 4.70. The highest BCUT2D eigenvalue weighted by Crippen LogP contribution is 2.15. The number of carbonyl (C=O) groups excluding carboxylic acids is 2. The number of amides is 1. The van der Waals surface area contributed by atoms with Crippen molar-refractivity contribution in [3.05, 3.63) is 64.7 Å². The Labute approximate surface area is 138 Å². The Bertz CT molecular complexity index is 783. The van der Waals surface area contributed by atoms with Crippen molar-refractivity contribution in [2.75, 3.05) is 5.32 Å². The number of rotatable bonds is 4. The van der Waals surface area contributed by atoms with Crippen LogP contribution in [0.25, 0.3) is 0 Å². The number of nitrogens with zero attached hydrogens (tertiary/aromatic N) is 1. The number of ether oxygens (including phenoxy) is 1. The summed E-state index contributed by atoms with van der Waals surface area (Å²) >= 11 is 5.81. The molecular formula is C17H13ClN2O3. The molecule has 0 fully saturated rings. The molecular weight excluding hydrogens is 316 g/mol. The molecule has 0 aliphatic carbocycles. The molecule has 0 saturated carbocycles. The number of halogens is 1. The molecule has 0 bridgehead atoms. The van der Waals surface area contributed by atoms with Gasteiger partial charge in [-0.2, -0.15) is 5.26 Å². The lowest BCUT2D eigenvalue weighted by molar-refractivity contribution is -0.123. The van der Waals surface area contributed by atoms with Gasteiger partial charge in [-0.05, 0) is 37.3 Å². The second kappa shape index (κ2) is 7.43. The van der Waals surface area contributed by atoms with E-state index in [0.717, 1.165) is 0 Å². The molecule has 2 rings (SSSR count). The van der Waals surface area contributed by atoms with Crippen LogP contribution in [0.5, 0.6) is 0 Å². The highest BCUT2D eigenvalue weighted by molar-refractivity contribution is 6.30. The zero-order valence-electron chi connectivity index (χ0n) is 12.2. The molecule has 2 aromatic carbocycles. The number of benzene rings is 2. The van der Waals surface area contributed by atoms with Gasteiger partial charge in [0, 0.05) is 5.02 Å². The van der Waals surface area contributed by atoms with Gasteiger partial charge in [-0.1, -0.05) is 29.8 Å². The topological polar surface area (TPSA) is 79.2 Å². The van der Waals surface area contributed by atoms with E-state index in [1.165, 1.54) is 13.0 Å². The van der Waals surface area contributed by atoms with Gasteiger partial charge in [0.2, 0.25) is 0 Å². The Morgan fingerprint density at radius 1 is 1.22 bits per heavy atom. The fraction of sp³-hybridized carbons (Fsp3) is 0.118. The molecule has 0 aliphatic heterocycles. The first-order valence-electron chi connectivity index (χ1n) is 6.78. The van der Waals surface area contributed by atoms with Crippen LogP contribution in [0.1, 0.15) is 22.8 Å². The first kappa shape index (κ1) is 16.5. The van der Waals surface area contributed by atoms with Crippen molar-refractivity contribution in [1.82, 2.24) is 0 Å². The van der Waals surface area contributed by atoms with Crippen LogP contribution in [0.2, 0.25) is 5.02 Å². The first-order valence-corrected chi connectivity index (χ1v) is 7.15. The van der Waals surface area contributed by atoms with Crippen molar-refractivity contribution < 1.29 is 14.3 Å². The second-order valence-corrected chi connectivity index (χ2v) is 5.14. The number of carbonyl (C=O) groups is 2. The third-order valence-electron chi connectivity index (χ3n) is 3.02. The Kier molecular flexibility index (Phi) is 5.34. The van der Waals surface area contributed by atoms with Crippen molar-refractivity contribution in [3.63, 3.8) is 0 Å². The summed E-state index contributed by atoms with van der Waals surface area (Å²) < 4.78 is 5.11. The van der Waals surface area contributed by atoms with E-state index in [0.29, 0.717) is 16.3 Å². The van der Waals surface area contributed by atoms with Gasteiger partial charge in [0.1, 0.15) is 6.07 Å². The lowest BCUT2D eigenvalue weighted by Gasteiger charge is -2.14. The zero-order valence-corrected chi connectivity index (χ0v) is 13.0. The summed E-state index contributed by atoms with van der Waals surface area (Å²) in [5.41, 5.74) is 0.953. The SMILES string of the molecule is C[C@@H](OC(=O)c1cccc(Cl)c1)C(=O)Nc1ccccc1C#N. The van der Waals surface area contributed by atoms with Crippen molar-refractivity contribution in [2.45, 2.75) is 13.0 Å². The quantitative estimate of drug-likeness (QED) is 0.872. The van der Waals surface area contributed by atoms with Crippen molar-refractivity contribution in [3.8, 4) is 6.07 Å². The smallest absolute Gasteiger partial charge is 0.338 e. The van der Waals surface area contributed by atoms with Crippen LogP contribution >= 0.6 is 11.6 Å². The van der Waals surface area contributed by atoms with E-state index in [9.17, 15) is 9.59 Å². The molecule has 0 saturated heterocycles. The maximum atomic E-state index is 12.1. The number of nitrogens with one attached hydrogen (secondary N) is 1. The van der Waals surface area contributed by atoms with Crippen LogP contribution < -0.4 is 5.32 Å². The molecule has 1 amide bonds. The summed E-state index contributed by atoms with van der Waals surface area (Å²) in [7, 11) is 0. The lowest BCUT2D eigenvalue weighted by Crippen LogP contribution is -2.30. The Hall–Kier alpha value is -2.84. The van der Waals surface area contributed by atoms with Crippen molar-refractivity contribution in [1.29, 1.82) is 5.26 Å². The summed E-state index contributed by atoms with van der Waals surface area (Å²) in [5, 5.41) is 12.0. The first-order chi connectivity index (χ1) is 11.0. The van der Waals surface area contributed by atoms with Gasteiger partial charge in [-0.15, -0.1) is 0 Å². The van der Waals surface area contributed by atoms with Gasteiger partial charge in [0.15, 0.2) is 6.10 Å². The minimum absolute atomic E-state index is 0.259. The number of nitriles is 1. The Morgan fingerprint density at radius 2 is 1.96 bits per heavy atom. The molecule has 1 N–H and O–H groups in total. The van der Waals surface area contributed by atoms with Gasteiger partial charge in [0.05, 0.1) is 16.8 Å². The van der Waals surface area contributed by atoms with Crippen LogP contribution in [-0.4, -0.2) is 18.0 Å². The number of anilines is 1. The molecule has 0 aliphatic rings. The third kappa shape index (κ3) is 4.31. The highest BCUT2D eigenvalue weighted by Gasteiger charge is 2.20. The fourth-order valence-corrected chi connectivity index (χ4v) is 2.01. The van der Waals surface area contributed by atoms with E-state index in [4.69, 9.17) is 21.6 Å². The van der Waals surface area contributed by atoms with E-state index in [1.54, 1.807) is 42.5 Å². The summed E-state index contributed by atoms with van der Waals surface area (Å²) in [6.45, 7) is 1.45. The van der Waals surface area contributed by atoms with Crippen molar-refractivity contribution >= 4 is 29.2 Å². The predicted molar refractivity (Wildman–Crippen MR) is 86.1 cm³/mol. The standard InChI is InChI=1S/C17H13ClN2O3/c1-11(23-17(22)12-6-4-7-14(18)9-12)16(21)20-15-8-3-2-5-13(15)10-19/h2-9,11H,1H3,(H,20,21)/t11-/m1/s1. The minimum atomic E-state index is -1.02. The summed E-state index contributed by atoms with van der Waals surface area (Å²) in [5.74, 6) is -1.17. The fourth-order valence-electron chi connectivity index (χ4n) is 1.82. The number of esters is 1. The summed E-state index contributed by atoms with van der Waals surface area (Å²) in [4.78, 5) is 24.1. The summed E-state index contributed by atoms with van der Waals surface area (Å²) in [6.07, 6.45) is -1.02. The Morgan fingerprint density at radius 3 is 2.65 bits per heavy atom. The molecule has 0 radical (unpaired) electrons. The van der Waals surface area contributed by atoms with Crippen LogP contribution in [0.15, 0.2) is 48.5 Å². The van der Waals surface area contributed by atoms with Gasteiger partial charge in [-0.3, -0.25) is 4.79 Å². The van der Waals surface area contributed by atoms with E-state index in [-0.39, 0.29) is 5.56 Å². The largest absolute Gasteiger partial charge is 0.449 e. The number of hydrogen-bond donors (Lipinski definition) is 1. The molecule has 6 heteroatoms. The van der Waals surface area contributed by atoms with E-state index in [2.05, 4.69) is 5.32 Å². The molecule has 1 atom stereocenters. The normalized spacial score (nSPS) is 11.2. The molecule has 0 heterocycles. The number of hydrogen-bond acceptors (Lipinski definition) is 4. The predicted octanol–water partition coefficient (Wildman–Crippen LogP) is 3.40. The third-order valence-corrected chi connectivity index (χ3v) is 3.25. The molecule has 0 aromatic heterocycles. The maximum Gasteiger partial charge on any atom is 0.338 e. The number of para-hydroxylation sites is 1. The molecule has 5 nitrogen and oxygen atoms in total. The monoisotopic (exact) mass is 328 g/mol. The van der Waals surface area contributed by atoms with Gasteiger partial charge in [-0.25, -0.2) is 4.79 Å². The van der Waals surface area contributed by atoms with Crippen molar-refractivity contribution in [2.24, 2.45) is 0 Å². The van der Waals surface area contributed by atoms with Gasteiger partial charge >= 0.3 is 5.97 Å². The molecule has 0 unspecified atom stereocenters. The average Bonchev–Trinajstić information content (AvgIpc) is 2.55. The zero-order chi connectivity index (χ0) is 16.8. The van der Waals surface area contributed by atoms with Crippen LogP contribution in [0, 0.1) is 11.3 Å². The van der Waals surface area contributed by atoms with Crippen LogP contribution in [0.3, 0.4) is 0 Å². The molecule has 2 aromatic rings. The molecule has 23 heavy (non-hydrogen) atoms. The van der Waals surface area contributed by atoms with Crippen LogP contribution in [-0.2, 0) is 9.53 Å². The van der Waals surface area contributed by atoms with E-state index in [1.807, 2.05) is 6.07 Å². The Balaban J connectivity index is 2.03. The molecule has 116 valence electrons. The average molecular weight is 329 g/mol. The van der Waals surface area contributed by atoms with Crippen LogP contribution in [0.4, 0.5) is 5.69 Å².